The van der Waals surface area contributed by atoms with Crippen LogP contribution >= 0.6 is 0 Å². The van der Waals surface area contributed by atoms with Crippen molar-refractivity contribution >= 4 is 11.7 Å². The van der Waals surface area contributed by atoms with Crippen molar-refractivity contribution < 1.29 is 9.53 Å². The number of hydrogen-bond donors (Lipinski definition) is 0. The molecule has 0 saturated carbocycles. The minimum atomic E-state index is -0.0293. The predicted molar refractivity (Wildman–Crippen MR) is 134 cm³/mol. The summed E-state index contributed by atoms with van der Waals surface area (Å²) in [6, 6.07) is 20.9. The summed E-state index contributed by atoms with van der Waals surface area (Å²) in [6.45, 7) is 8.43. The van der Waals surface area contributed by atoms with Gasteiger partial charge in [-0.1, -0.05) is 30.3 Å². The predicted octanol–water partition coefficient (Wildman–Crippen LogP) is 4.34. The summed E-state index contributed by atoms with van der Waals surface area (Å²) in [5.41, 5.74) is 2.54. The van der Waals surface area contributed by atoms with Gasteiger partial charge in [-0.15, -0.1) is 0 Å². The molecular weight excluding hydrogens is 440 g/mol. The minimum absolute atomic E-state index is 0.0293. The Bertz CT molecular complexity index is 1340. The Kier molecular flexibility index (Phi) is 6.18. The van der Waals surface area contributed by atoms with Gasteiger partial charge in [0.1, 0.15) is 23.1 Å². The largest absolute Gasteiger partial charge is 0.457 e. The number of ether oxygens (including phenoxy) is 1. The van der Waals surface area contributed by atoms with Crippen LogP contribution in [0.1, 0.15) is 27.6 Å². The molecule has 8 heteroatoms. The topological polar surface area (TPSA) is 76.4 Å². The van der Waals surface area contributed by atoms with Crippen molar-refractivity contribution in [2.24, 2.45) is 0 Å². The van der Waals surface area contributed by atoms with Gasteiger partial charge < -0.3 is 14.5 Å². The Hall–Kier alpha value is -4.20. The standard InChI is InChI=1S/C27H28N6O2/c1-19-17-20(2)33(30-19)26-18-25(28-21(3)29-26)31-13-15-32(16-14-31)27(34)23-11-7-8-12-24(23)35-22-9-5-4-6-10-22/h4-12,17-18H,13-16H2,1-3H3. The third-order valence-corrected chi connectivity index (χ3v) is 6.02. The van der Waals surface area contributed by atoms with Crippen molar-refractivity contribution in [2.45, 2.75) is 20.8 Å². The summed E-state index contributed by atoms with van der Waals surface area (Å²) in [7, 11) is 0. The Balaban J connectivity index is 1.30. The zero-order valence-corrected chi connectivity index (χ0v) is 20.2. The molecule has 1 fully saturated rings. The first-order valence-corrected chi connectivity index (χ1v) is 11.7. The maximum absolute atomic E-state index is 13.4. The number of rotatable bonds is 5. The molecule has 3 heterocycles. The molecule has 0 aliphatic carbocycles. The molecule has 4 aromatic rings. The van der Waals surface area contributed by atoms with Gasteiger partial charge in [0, 0.05) is 37.9 Å². The molecule has 1 amide bonds. The van der Waals surface area contributed by atoms with Gasteiger partial charge in [-0.2, -0.15) is 5.10 Å². The van der Waals surface area contributed by atoms with Gasteiger partial charge in [-0.3, -0.25) is 4.79 Å². The highest BCUT2D eigenvalue weighted by atomic mass is 16.5. The Morgan fingerprint density at radius 2 is 1.51 bits per heavy atom. The quantitative estimate of drug-likeness (QED) is 0.434. The number of anilines is 1. The molecule has 5 rings (SSSR count). The van der Waals surface area contributed by atoms with Crippen molar-refractivity contribution in [2.75, 3.05) is 31.1 Å². The monoisotopic (exact) mass is 468 g/mol. The van der Waals surface area contributed by atoms with Crippen LogP contribution in [0.15, 0.2) is 66.7 Å². The summed E-state index contributed by atoms with van der Waals surface area (Å²) in [5, 5.41) is 4.56. The highest BCUT2D eigenvalue weighted by molar-refractivity contribution is 5.97. The molecule has 2 aromatic carbocycles. The lowest BCUT2D eigenvalue weighted by molar-refractivity contribution is 0.0744. The molecule has 0 radical (unpaired) electrons. The smallest absolute Gasteiger partial charge is 0.257 e. The number of aryl methyl sites for hydroxylation is 3. The maximum atomic E-state index is 13.4. The van der Waals surface area contributed by atoms with Crippen LogP contribution in [0.2, 0.25) is 0 Å². The van der Waals surface area contributed by atoms with Gasteiger partial charge in [0.15, 0.2) is 5.82 Å². The second kappa shape index (κ2) is 9.58. The first kappa shape index (κ1) is 22.6. The number of para-hydroxylation sites is 2. The zero-order valence-electron chi connectivity index (χ0n) is 20.2. The fourth-order valence-electron chi connectivity index (χ4n) is 4.32. The van der Waals surface area contributed by atoms with E-state index in [1.165, 1.54) is 0 Å². The molecular formula is C27H28N6O2. The lowest BCUT2D eigenvalue weighted by Crippen LogP contribution is -2.49. The van der Waals surface area contributed by atoms with Crippen LogP contribution in [0.25, 0.3) is 5.82 Å². The average Bonchev–Trinajstić information content (AvgIpc) is 3.22. The number of benzene rings is 2. The summed E-state index contributed by atoms with van der Waals surface area (Å²) in [4.78, 5) is 26.7. The Morgan fingerprint density at radius 3 is 2.23 bits per heavy atom. The van der Waals surface area contributed by atoms with E-state index in [1.807, 2.05) is 97.1 Å². The molecule has 178 valence electrons. The molecule has 1 saturated heterocycles. The van der Waals surface area contributed by atoms with E-state index < -0.39 is 0 Å². The number of carbonyl (C=O) groups is 1. The third kappa shape index (κ3) is 4.87. The summed E-state index contributed by atoms with van der Waals surface area (Å²) < 4.78 is 7.85. The number of hydrogen-bond acceptors (Lipinski definition) is 6. The molecule has 0 atom stereocenters. The first-order valence-electron chi connectivity index (χ1n) is 11.7. The third-order valence-electron chi connectivity index (χ3n) is 6.02. The van der Waals surface area contributed by atoms with E-state index in [-0.39, 0.29) is 5.91 Å². The minimum Gasteiger partial charge on any atom is -0.457 e. The van der Waals surface area contributed by atoms with Crippen LogP contribution in [-0.2, 0) is 0 Å². The van der Waals surface area contributed by atoms with Crippen molar-refractivity contribution in [1.29, 1.82) is 0 Å². The van der Waals surface area contributed by atoms with Gasteiger partial charge in [0.2, 0.25) is 0 Å². The van der Waals surface area contributed by atoms with Gasteiger partial charge in [0.25, 0.3) is 5.91 Å². The second-order valence-corrected chi connectivity index (χ2v) is 8.66. The average molecular weight is 469 g/mol. The molecule has 1 aliphatic heterocycles. The highest BCUT2D eigenvalue weighted by Gasteiger charge is 2.25. The number of nitrogens with zero attached hydrogens (tertiary/aromatic N) is 6. The SMILES string of the molecule is Cc1cc(C)n(-c2cc(N3CCN(C(=O)c4ccccc4Oc4ccccc4)CC3)nc(C)n2)n1. The fourth-order valence-corrected chi connectivity index (χ4v) is 4.32. The lowest BCUT2D eigenvalue weighted by Gasteiger charge is -2.35. The Labute approximate surface area is 204 Å². The molecule has 35 heavy (non-hydrogen) atoms. The Morgan fingerprint density at radius 1 is 0.829 bits per heavy atom. The van der Waals surface area contributed by atoms with Crippen LogP contribution < -0.4 is 9.64 Å². The fraction of sp³-hybridized carbons (Fsp3) is 0.259. The van der Waals surface area contributed by atoms with Crippen LogP contribution in [0, 0.1) is 20.8 Å². The molecule has 0 spiro atoms. The van der Waals surface area contributed by atoms with E-state index in [1.54, 1.807) is 0 Å². The number of aromatic nitrogens is 4. The summed E-state index contributed by atoms with van der Waals surface area (Å²) in [5.74, 6) is 3.53. The van der Waals surface area contributed by atoms with Crippen molar-refractivity contribution in [3.63, 3.8) is 0 Å². The summed E-state index contributed by atoms with van der Waals surface area (Å²) >= 11 is 0. The molecule has 0 N–H and O–H groups in total. The van der Waals surface area contributed by atoms with Crippen molar-refractivity contribution in [1.82, 2.24) is 24.6 Å². The van der Waals surface area contributed by atoms with Crippen LogP contribution in [-0.4, -0.2) is 56.7 Å². The number of carbonyl (C=O) groups excluding carboxylic acids is 1. The van der Waals surface area contributed by atoms with Gasteiger partial charge in [0.05, 0.1) is 11.3 Å². The highest BCUT2D eigenvalue weighted by Crippen LogP contribution is 2.27. The van der Waals surface area contributed by atoms with E-state index in [0.717, 1.165) is 23.0 Å². The zero-order chi connectivity index (χ0) is 24.4. The molecule has 8 nitrogen and oxygen atoms in total. The van der Waals surface area contributed by atoms with Crippen molar-refractivity contribution in [3.8, 4) is 17.3 Å². The van der Waals surface area contributed by atoms with E-state index in [0.29, 0.717) is 49.1 Å². The molecule has 0 unspecified atom stereocenters. The maximum Gasteiger partial charge on any atom is 0.257 e. The van der Waals surface area contributed by atoms with Gasteiger partial charge in [-0.05, 0) is 51.1 Å². The molecule has 2 aromatic heterocycles. The lowest BCUT2D eigenvalue weighted by atomic mass is 10.1. The first-order chi connectivity index (χ1) is 17.0. The number of piperazine rings is 1. The summed E-state index contributed by atoms with van der Waals surface area (Å²) in [6.07, 6.45) is 0. The van der Waals surface area contributed by atoms with E-state index >= 15 is 0 Å². The van der Waals surface area contributed by atoms with Gasteiger partial charge >= 0.3 is 0 Å². The van der Waals surface area contributed by atoms with E-state index in [4.69, 9.17) is 4.74 Å². The van der Waals surface area contributed by atoms with Crippen LogP contribution in [0.3, 0.4) is 0 Å². The van der Waals surface area contributed by atoms with Crippen molar-refractivity contribution in [3.05, 3.63) is 89.5 Å². The second-order valence-electron chi connectivity index (χ2n) is 8.66. The molecule has 0 bridgehead atoms. The number of amides is 1. The van der Waals surface area contributed by atoms with E-state index in [9.17, 15) is 4.79 Å². The normalized spacial score (nSPS) is 13.7. The van der Waals surface area contributed by atoms with Gasteiger partial charge in [-0.25, -0.2) is 14.6 Å². The van der Waals surface area contributed by atoms with Crippen LogP contribution in [0.4, 0.5) is 5.82 Å². The molecule has 1 aliphatic rings. The van der Waals surface area contributed by atoms with Crippen LogP contribution in [0.5, 0.6) is 11.5 Å². The van der Waals surface area contributed by atoms with E-state index in [2.05, 4.69) is 20.0 Å².